The minimum atomic E-state index is 0.223. The van der Waals surface area contributed by atoms with Crippen molar-refractivity contribution in [3.63, 3.8) is 0 Å². The van der Waals surface area contributed by atoms with Crippen molar-refractivity contribution in [2.75, 3.05) is 0 Å². The summed E-state index contributed by atoms with van der Waals surface area (Å²) in [6.45, 7) is 0. The third kappa shape index (κ3) is 2.77. The molecule has 0 atom stereocenters. The van der Waals surface area contributed by atoms with Crippen LogP contribution in [-0.2, 0) is 0 Å². The van der Waals surface area contributed by atoms with Gasteiger partial charge in [-0.3, -0.25) is 4.79 Å². The molecule has 0 N–H and O–H groups in total. The summed E-state index contributed by atoms with van der Waals surface area (Å²) in [6.07, 6.45) is 5.74. The topological polar surface area (TPSA) is 17.1 Å². The van der Waals surface area contributed by atoms with E-state index in [0.29, 0.717) is 5.02 Å². The van der Waals surface area contributed by atoms with Gasteiger partial charge in [0.05, 0.1) is 0 Å². The van der Waals surface area contributed by atoms with Crippen LogP contribution >= 0.6 is 34.2 Å². The molecule has 0 aliphatic heterocycles. The van der Waals surface area contributed by atoms with Crippen LogP contribution in [0.4, 0.5) is 0 Å². The number of carbonyl (C=O) groups excluding carboxylic acids is 1. The van der Waals surface area contributed by atoms with Crippen LogP contribution in [0, 0.1) is 9.49 Å². The van der Waals surface area contributed by atoms with Gasteiger partial charge < -0.3 is 0 Å². The molecular formula is C13H14ClIO. The van der Waals surface area contributed by atoms with Crippen molar-refractivity contribution < 1.29 is 4.79 Å². The Morgan fingerprint density at radius 1 is 1.25 bits per heavy atom. The molecule has 86 valence electrons. The van der Waals surface area contributed by atoms with Crippen molar-refractivity contribution in [2.24, 2.45) is 5.92 Å². The lowest BCUT2D eigenvalue weighted by Gasteiger charge is -2.20. The zero-order valence-corrected chi connectivity index (χ0v) is 11.9. The highest BCUT2D eigenvalue weighted by Crippen LogP contribution is 2.29. The van der Waals surface area contributed by atoms with Gasteiger partial charge >= 0.3 is 0 Å². The number of rotatable bonds is 2. The van der Waals surface area contributed by atoms with E-state index in [1.54, 1.807) is 6.07 Å². The molecule has 0 bridgehead atoms. The number of halogens is 2. The largest absolute Gasteiger partial charge is 0.294 e. The van der Waals surface area contributed by atoms with E-state index in [9.17, 15) is 4.79 Å². The highest BCUT2D eigenvalue weighted by atomic mass is 127. The van der Waals surface area contributed by atoms with Gasteiger partial charge in [-0.25, -0.2) is 0 Å². The molecule has 0 radical (unpaired) electrons. The Morgan fingerprint density at radius 2 is 1.94 bits per heavy atom. The fourth-order valence-corrected chi connectivity index (χ4v) is 3.04. The lowest BCUT2D eigenvalue weighted by atomic mass is 9.84. The molecule has 1 fully saturated rings. The predicted octanol–water partition coefficient (Wildman–Crippen LogP) is 4.71. The molecule has 16 heavy (non-hydrogen) atoms. The van der Waals surface area contributed by atoms with E-state index in [1.165, 1.54) is 19.3 Å². The summed E-state index contributed by atoms with van der Waals surface area (Å²) in [6, 6.07) is 5.56. The molecule has 3 heteroatoms. The first-order valence-corrected chi connectivity index (χ1v) is 7.13. The number of Topliss-reactive ketones (excluding diaryl/α,β-unsaturated/α-hetero) is 1. The molecule has 2 rings (SSSR count). The van der Waals surface area contributed by atoms with Gasteiger partial charge in [-0.2, -0.15) is 0 Å². The molecule has 1 aromatic carbocycles. The third-order valence-electron chi connectivity index (χ3n) is 3.17. The number of carbonyl (C=O) groups is 1. The molecule has 0 saturated heterocycles. The molecule has 1 aliphatic rings. The first-order chi connectivity index (χ1) is 7.68. The van der Waals surface area contributed by atoms with E-state index >= 15 is 0 Å². The van der Waals surface area contributed by atoms with Gasteiger partial charge in [-0.1, -0.05) is 30.9 Å². The van der Waals surface area contributed by atoms with E-state index in [2.05, 4.69) is 22.6 Å². The summed E-state index contributed by atoms with van der Waals surface area (Å²) < 4.78 is 1.01. The van der Waals surface area contributed by atoms with E-state index in [-0.39, 0.29) is 11.7 Å². The van der Waals surface area contributed by atoms with Crippen LogP contribution < -0.4 is 0 Å². The summed E-state index contributed by atoms with van der Waals surface area (Å²) >= 11 is 8.15. The van der Waals surface area contributed by atoms with Crippen LogP contribution in [0.2, 0.25) is 5.02 Å². The second-order valence-corrected chi connectivity index (χ2v) is 5.92. The van der Waals surface area contributed by atoms with Gasteiger partial charge in [0.25, 0.3) is 0 Å². The summed E-state index contributed by atoms with van der Waals surface area (Å²) in [4.78, 5) is 12.3. The van der Waals surface area contributed by atoms with Crippen molar-refractivity contribution in [2.45, 2.75) is 32.1 Å². The summed E-state index contributed by atoms with van der Waals surface area (Å²) in [7, 11) is 0. The molecule has 1 nitrogen and oxygen atoms in total. The fourth-order valence-electron chi connectivity index (χ4n) is 2.27. The van der Waals surface area contributed by atoms with Gasteiger partial charge in [-0.15, -0.1) is 0 Å². The van der Waals surface area contributed by atoms with E-state index in [4.69, 9.17) is 11.6 Å². The van der Waals surface area contributed by atoms with Gasteiger partial charge in [0.15, 0.2) is 5.78 Å². The minimum absolute atomic E-state index is 0.223. The lowest BCUT2D eigenvalue weighted by Crippen LogP contribution is -2.18. The third-order valence-corrected chi connectivity index (χ3v) is 4.35. The van der Waals surface area contributed by atoms with Gasteiger partial charge in [0, 0.05) is 20.1 Å². The van der Waals surface area contributed by atoms with Crippen LogP contribution in [0.25, 0.3) is 0 Å². The zero-order chi connectivity index (χ0) is 11.5. The first-order valence-electron chi connectivity index (χ1n) is 5.68. The molecule has 0 unspecified atom stereocenters. The Kier molecular flexibility index (Phi) is 4.25. The van der Waals surface area contributed by atoms with Crippen LogP contribution in [-0.4, -0.2) is 5.78 Å². The Morgan fingerprint density at radius 3 is 2.62 bits per heavy atom. The minimum Gasteiger partial charge on any atom is -0.294 e. The van der Waals surface area contributed by atoms with Crippen molar-refractivity contribution in [3.8, 4) is 0 Å². The van der Waals surface area contributed by atoms with Gasteiger partial charge in [-0.05, 0) is 53.6 Å². The monoisotopic (exact) mass is 348 g/mol. The molecular weight excluding hydrogens is 334 g/mol. The van der Waals surface area contributed by atoms with Crippen molar-refractivity contribution in [1.29, 1.82) is 0 Å². The maximum absolute atomic E-state index is 12.3. The standard InChI is InChI=1S/C13H14ClIO/c14-10-6-7-12(15)11(8-10)13(16)9-4-2-1-3-5-9/h6-9H,1-5H2. The quantitative estimate of drug-likeness (QED) is 0.559. The number of hydrogen-bond donors (Lipinski definition) is 0. The number of ketones is 1. The molecule has 0 spiro atoms. The predicted molar refractivity (Wildman–Crippen MR) is 75.1 cm³/mol. The molecule has 1 aromatic rings. The Labute approximate surface area is 115 Å². The second-order valence-electron chi connectivity index (χ2n) is 4.32. The van der Waals surface area contributed by atoms with Crippen molar-refractivity contribution >= 4 is 40.0 Å². The average Bonchev–Trinajstić information content (AvgIpc) is 2.32. The van der Waals surface area contributed by atoms with Crippen LogP contribution in [0.1, 0.15) is 42.5 Å². The summed E-state index contributed by atoms with van der Waals surface area (Å²) in [5.74, 6) is 0.507. The molecule has 0 aromatic heterocycles. The van der Waals surface area contributed by atoms with Gasteiger partial charge in [0.2, 0.25) is 0 Å². The normalized spacial score (nSPS) is 17.4. The number of benzene rings is 1. The average molecular weight is 349 g/mol. The van der Waals surface area contributed by atoms with Crippen molar-refractivity contribution in [1.82, 2.24) is 0 Å². The second kappa shape index (κ2) is 5.50. The van der Waals surface area contributed by atoms with Gasteiger partial charge in [0.1, 0.15) is 0 Å². The molecule has 1 saturated carbocycles. The zero-order valence-electron chi connectivity index (χ0n) is 9.01. The van der Waals surface area contributed by atoms with Crippen LogP contribution in [0.15, 0.2) is 18.2 Å². The summed E-state index contributed by atoms with van der Waals surface area (Å²) in [5, 5.41) is 0.652. The fraction of sp³-hybridized carbons (Fsp3) is 0.462. The van der Waals surface area contributed by atoms with E-state index < -0.39 is 0 Å². The molecule has 1 aliphatic carbocycles. The highest BCUT2D eigenvalue weighted by Gasteiger charge is 2.23. The van der Waals surface area contributed by atoms with Crippen molar-refractivity contribution in [3.05, 3.63) is 32.4 Å². The van der Waals surface area contributed by atoms with E-state index in [0.717, 1.165) is 22.0 Å². The molecule has 0 amide bonds. The maximum Gasteiger partial charge on any atom is 0.167 e. The maximum atomic E-state index is 12.3. The first kappa shape index (κ1) is 12.4. The Bertz CT molecular complexity index is 397. The lowest BCUT2D eigenvalue weighted by molar-refractivity contribution is 0.0888. The van der Waals surface area contributed by atoms with E-state index in [1.807, 2.05) is 12.1 Å². The van der Waals surface area contributed by atoms with Crippen LogP contribution in [0.5, 0.6) is 0 Å². The Hall–Kier alpha value is -0.0900. The SMILES string of the molecule is O=C(c1cc(Cl)ccc1I)C1CCCCC1. The highest BCUT2D eigenvalue weighted by molar-refractivity contribution is 14.1. The molecule has 0 heterocycles. The smallest absolute Gasteiger partial charge is 0.167 e. The Balaban J connectivity index is 2.22. The van der Waals surface area contributed by atoms with Crippen LogP contribution in [0.3, 0.4) is 0 Å². The number of hydrogen-bond acceptors (Lipinski definition) is 1. The summed E-state index contributed by atoms with van der Waals surface area (Å²) in [5.41, 5.74) is 0.806.